The van der Waals surface area contributed by atoms with Gasteiger partial charge >= 0.3 is 0 Å². The van der Waals surface area contributed by atoms with E-state index in [1.54, 1.807) is 18.1 Å². The van der Waals surface area contributed by atoms with E-state index in [9.17, 15) is 4.79 Å². The van der Waals surface area contributed by atoms with Gasteiger partial charge in [-0.1, -0.05) is 0 Å². The number of methoxy groups -OCH3 is 1. The summed E-state index contributed by atoms with van der Waals surface area (Å²) in [7, 11) is 1.59. The Bertz CT molecular complexity index is 393. The Labute approximate surface area is 115 Å². The van der Waals surface area contributed by atoms with Gasteiger partial charge in [0.2, 0.25) is 0 Å². The Balaban J connectivity index is 2.86. The number of aliphatic hydroxyl groups excluding tert-OH is 1. The molecule has 102 valence electrons. The van der Waals surface area contributed by atoms with Crippen molar-refractivity contribution in [2.75, 3.05) is 33.4 Å². The maximum atomic E-state index is 12.4. The molecule has 5 nitrogen and oxygen atoms in total. The SMILES string of the molecule is CCn1cc(Br)cc1C(=O)N(CCO)CCOC. The summed E-state index contributed by atoms with van der Waals surface area (Å²) in [6, 6.07) is 1.79. The Morgan fingerprint density at radius 3 is 2.83 bits per heavy atom. The topological polar surface area (TPSA) is 54.7 Å². The number of aliphatic hydroxyl groups is 1. The quantitative estimate of drug-likeness (QED) is 0.825. The zero-order chi connectivity index (χ0) is 13.5. The molecule has 0 aliphatic carbocycles. The second-order valence-corrected chi connectivity index (χ2v) is 4.75. The first-order chi connectivity index (χ1) is 8.63. The highest BCUT2D eigenvalue weighted by atomic mass is 79.9. The van der Waals surface area contributed by atoms with Gasteiger partial charge in [-0.05, 0) is 28.9 Å². The van der Waals surface area contributed by atoms with E-state index < -0.39 is 0 Å². The van der Waals surface area contributed by atoms with Gasteiger partial charge in [0.25, 0.3) is 5.91 Å². The molecule has 1 amide bonds. The van der Waals surface area contributed by atoms with Crippen LogP contribution in [0.25, 0.3) is 0 Å². The fraction of sp³-hybridized carbons (Fsp3) is 0.583. The molecular weight excluding hydrogens is 300 g/mol. The fourth-order valence-electron chi connectivity index (χ4n) is 1.71. The molecule has 1 heterocycles. The van der Waals surface area contributed by atoms with Crippen molar-refractivity contribution in [2.24, 2.45) is 0 Å². The van der Waals surface area contributed by atoms with Crippen LogP contribution in [-0.2, 0) is 11.3 Å². The number of amides is 1. The second-order valence-electron chi connectivity index (χ2n) is 3.84. The molecule has 0 atom stereocenters. The van der Waals surface area contributed by atoms with Crippen LogP contribution in [0.5, 0.6) is 0 Å². The average Bonchev–Trinajstić information content (AvgIpc) is 2.75. The molecule has 0 aromatic carbocycles. The summed E-state index contributed by atoms with van der Waals surface area (Å²) in [6.07, 6.45) is 1.88. The standard InChI is InChI=1S/C12H19BrN2O3/c1-3-14-9-10(13)8-11(14)12(17)15(4-6-16)5-7-18-2/h8-9,16H,3-7H2,1-2H3. The van der Waals surface area contributed by atoms with Gasteiger partial charge in [-0.25, -0.2) is 0 Å². The summed E-state index contributed by atoms with van der Waals surface area (Å²) >= 11 is 3.37. The molecule has 6 heteroatoms. The molecule has 1 aromatic heterocycles. The summed E-state index contributed by atoms with van der Waals surface area (Å²) < 4.78 is 7.73. The van der Waals surface area contributed by atoms with Crippen LogP contribution in [0.2, 0.25) is 0 Å². The van der Waals surface area contributed by atoms with Crippen LogP contribution < -0.4 is 0 Å². The first kappa shape index (κ1) is 15.2. The Morgan fingerprint density at radius 2 is 2.28 bits per heavy atom. The van der Waals surface area contributed by atoms with Gasteiger partial charge in [-0.2, -0.15) is 0 Å². The lowest BCUT2D eigenvalue weighted by molar-refractivity contribution is 0.0646. The normalized spacial score (nSPS) is 10.7. The van der Waals surface area contributed by atoms with Gasteiger partial charge in [-0.3, -0.25) is 4.79 Å². The van der Waals surface area contributed by atoms with Gasteiger partial charge in [0.05, 0.1) is 13.2 Å². The first-order valence-electron chi connectivity index (χ1n) is 5.88. The molecular formula is C12H19BrN2O3. The molecule has 0 fully saturated rings. The van der Waals surface area contributed by atoms with E-state index in [0.717, 1.165) is 11.0 Å². The molecule has 1 N–H and O–H groups in total. The fourth-order valence-corrected chi connectivity index (χ4v) is 2.18. The monoisotopic (exact) mass is 318 g/mol. The third-order valence-electron chi connectivity index (χ3n) is 2.65. The van der Waals surface area contributed by atoms with Gasteiger partial charge in [-0.15, -0.1) is 0 Å². The van der Waals surface area contributed by atoms with Crippen molar-refractivity contribution in [1.82, 2.24) is 9.47 Å². The molecule has 0 bridgehead atoms. The van der Waals surface area contributed by atoms with Crippen molar-refractivity contribution in [3.63, 3.8) is 0 Å². The predicted molar refractivity (Wildman–Crippen MR) is 72.7 cm³/mol. The Morgan fingerprint density at radius 1 is 1.56 bits per heavy atom. The molecule has 18 heavy (non-hydrogen) atoms. The molecule has 0 aliphatic heterocycles. The molecule has 0 spiro atoms. The van der Waals surface area contributed by atoms with E-state index in [0.29, 0.717) is 25.4 Å². The van der Waals surface area contributed by atoms with Crippen LogP contribution in [0.1, 0.15) is 17.4 Å². The number of aromatic nitrogens is 1. The molecule has 0 aliphatic rings. The number of hydrogen-bond donors (Lipinski definition) is 1. The number of rotatable bonds is 7. The average molecular weight is 319 g/mol. The van der Waals surface area contributed by atoms with Crippen LogP contribution >= 0.6 is 15.9 Å². The number of aryl methyl sites for hydroxylation is 1. The van der Waals surface area contributed by atoms with Crippen LogP contribution in [0.15, 0.2) is 16.7 Å². The van der Waals surface area contributed by atoms with Crippen molar-refractivity contribution < 1.29 is 14.6 Å². The Kier molecular flexibility index (Phi) is 6.38. The first-order valence-corrected chi connectivity index (χ1v) is 6.68. The smallest absolute Gasteiger partial charge is 0.270 e. The number of ether oxygens (including phenoxy) is 1. The lowest BCUT2D eigenvalue weighted by atomic mass is 10.3. The highest BCUT2D eigenvalue weighted by Gasteiger charge is 2.19. The van der Waals surface area contributed by atoms with E-state index in [1.807, 2.05) is 17.7 Å². The summed E-state index contributed by atoms with van der Waals surface area (Å²) in [5.41, 5.74) is 0.619. The molecule has 0 saturated heterocycles. The van der Waals surface area contributed by atoms with E-state index in [2.05, 4.69) is 15.9 Å². The molecule has 0 radical (unpaired) electrons. The second kappa shape index (κ2) is 7.56. The van der Waals surface area contributed by atoms with Crippen LogP contribution in [0.3, 0.4) is 0 Å². The minimum absolute atomic E-state index is 0.0521. The van der Waals surface area contributed by atoms with Gasteiger partial charge in [0, 0.05) is 37.4 Å². The van der Waals surface area contributed by atoms with Gasteiger partial charge in [0.15, 0.2) is 0 Å². The van der Waals surface area contributed by atoms with Crippen LogP contribution in [-0.4, -0.2) is 53.9 Å². The van der Waals surface area contributed by atoms with Crippen LogP contribution in [0.4, 0.5) is 0 Å². The molecule has 1 aromatic rings. The van der Waals surface area contributed by atoms with E-state index in [1.165, 1.54) is 0 Å². The summed E-state index contributed by atoms with van der Waals surface area (Å²) in [5.74, 6) is -0.0892. The highest BCUT2D eigenvalue weighted by Crippen LogP contribution is 2.16. The summed E-state index contributed by atoms with van der Waals surface area (Å²) in [5, 5.41) is 9.01. The number of carbonyl (C=O) groups excluding carboxylic acids is 1. The molecule has 0 saturated carbocycles. The molecule has 0 unspecified atom stereocenters. The number of halogens is 1. The lowest BCUT2D eigenvalue weighted by Gasteiger charge is -2.21. The van der Waals surface area contributed by atoms with E-state index in [4.69, 9.17) is 9.84 Å². The van der Waals surface area contributed by atoms with Gasteiger partial charge < -0.3 is 19.3 Å². The summed E-state index contributed by atoms with van der Waals surface area (Å²) in [4.78, 5) is 13.9. The Hall–Kier alpha value is -0.850. The van der Waals surface area contributed by atoms with Crippen LogP contribution in [0, 0.1) is 0 Å². The van der Waals surface area contributed by atoms with Crippen molar-refractivity contribution in [3.05, 3.63) is 22.4 Å². The third kappa shape index (κ3) is 3.83. The summed E-state index contributed by atoms with van der Waals surface area (Å²) in [6.45, 7) is 3.90. The van der Waals surface area contributed by atoms with E-state index in [-0.39, 0.29) is 12.5 Å². The van der Waals surface area contributed by atoms with Crippen molar-refractivity contribution in [2.45, 2.75) is 13.5 Å². The highest BCUT2D eigenvalue weighted by molar-refractivity contribution is 9.10. The molecule has 1 rings (SSSR count). The zero-order valence-corrected chi connectivity index (χ0v) is 12.3. The van der Waals surface area contributed by atoms with Crippen molar-refractivity contribution in [3.8, 4) is 0 Å². The van der Waals surface area contributed by atoms with Crippen molar-refractivity contribution in [1.29, 1.82) is 0 Å². The minimum atomic E-state index is -0.0892. The number of carbonyl (C=O) groups is 1. The number of nitrogens with zero attached hydrogens (tertiary/aromatic N) is 2. The van der Waals surface area contributed by atoms with Crippen molar-refractivity contribution >= 4 is 21.8 Å². The zero-order valence-electron chi connectivity index (χ0n) is 10.7. The van der Waals surface area contributed by atoms with E-state index >= 15 is 0 Å². The van der Waals surface area contributed by atoms with Gasteiger partial charge in [0.1, 0.15) is 5.69 Å². The maximum Gasteiger partial charge on any atom is 0.270 e. The maximum absolute atomic E-state index is 12.4. The lowest BCUT2D eigenvalue weighted by Crippen LogP contribution is -2.37. The third-order valence-corrected chi connectivity index (χ3v) is 3.08. The number of hydrogen-bond acceptors (Lipinski definition) is 3. The largest absolute Gasteiger partial charge is 0.395 e. The predicted octanol–water partition coefficient (Wildman–Crippen LogP) is 1.35. The minimum Gasteiger partial charge on any atom is -0.395 e.